The van der Waals surface area contributed by atoms with Crippen molar-refractivity contribution in [1.29, 1.82) is 0 Å². The standard InChI is InChI=1S/C20H20O4S/c1-20(2,19(22)23)24-16-9-4-14(5-10-16)6-13-18(21)15-7-11-17(25-3)12-8-15/h4-13H,1-3H3,(H,22,23). The number of aliphatic carboxylic acids is 1. The summed E-state index contributed by atoms with van der Waals surface area (Å²) in [5.41, 5.74) is 0.169. The number of allylic oxidation sites excluding steroid dienone is 1. The maximum absolute atomic E-state index is 12.2. The molecule has 0 amide bonds. The third kappa shape index (κ3) is 5.22. The lowest BCUT2D eigenvalue weighted by Crippen LogP contribution is -2.37. The first-order valence-corrected chi connectivity index (χ1v) is 8.93. The van der Waals surface area contributed by atoms with Crippen LogP contribution in [0.4, 0.5) is 0 Å². The molecule has 0 fully saturated rings. The number of ether oxygens (including phenoxy) is 1. The van der Waals surface area contributed by atoms with E-state index in [2.05, 4.69) is 0 Å². The fourth-order valence-corrected chi connectivity index (χ4v) is 2.42. The molecule has 4 nitrogen and oxygen atoms in total. The molecule has 0 spiro atoms. The summed E-state index contributed by atoms with van der Waals surface area (Å²) in [4.78, 5) is 24.3. The van der Waals surface area contributed by atoms with Gasteiger partial charge in [0.25, 0.3) is 0 Å². The number of carbonyl (C=O) groups excluding carboxylic acids is 1. The second kappa shape index (κ2) is 8.03. The third-order valence-electron chi connectivity index (χ3n) is 3.57. The fraction of sp³-hybridized carbons (Fsp3) is 0.200. The fourth-order valence-electron chi connectivity index (χ4n) is 2.01. The van der Waals surface area contributed by atoms with E-state index in [9.17, 15) is 9.59 Å². The molecule has 25 heavy (non-hydrogen) atoms. The molecule has 2 aromatic rings. The van der Waals surface area contributed by atoms with Crippen LogP contribution >= 0.6 is 11.8 Å². The van der Waals surface area contributed by atoms with E-state index in [1.54, 1.807) is 42.1 Å². The van der Waals surface area contributed by atoms with Gasteiger partial charge in [-0.25, -0.2) is 4.79 Å². The van der Waals surface area contributed by atoms with Crippen LogP contribution in [0.1, 0.15) is 29.8 Å². The second-order valence-electron chi connectivity index (χ2n) is 5.91. The van der Waals surface area contributed by atoms with E-state index in [-0.39, 0.29) is 5.78 Å². The number of hydrogen-bond donors (Lipinski definition) is 1. The summed E-state index contributed by atoms with van der Waals surface area (Å²) in [5, 5.41) is 9.07. The Morgan fingerprint density at radius 2 is 1.64 bits per heavy atom. The van der Waals surface area contributed by atoms with Gasteiger partial charge in [0, 0.05) is 10.5 Å². The van der Waals surface area contributed by atoms with Gasteiger partial charge in [-0.15, -0.1) is 11.8 Å². The van der Waals surface area contributed by atoms with Crippen molar-refractivity contribution in [3.8, 4) is 5.75 Å². The van der Waals surface area contributed by atoms with Crippen LogP contribution < -0.4 is 4.74 Å². The molecule has 0 saturated heterocycles. The first-order valence-electron chi connectivity index (χ1n) is 7.71. The van der Waals surface area contributed by atoms with Crippen LogP contribution in [0.15, 0.2) is 59.5 Å². The molecule has 0 atom stereocenters. The Hall–Kier alpha value is -2.53. The Morgan fingerprint density at radius 1 is 1.04 bits per heavy atom. The number of benzene rings is 2. The van der Waals surface area contributed by atoms with Crippen LogP contribution in [0.5, 0.6) is 5.75 Å². The van der Waals surface area contributed by atoms with E-state index < -0.39 is 11.6 Å². The van der Waals surface area contributed by atoms with Crippen LogP contribution in [0.25, 0.3) is 6.08 Å². The highest BCUT2D eigenvalue weighted by Crippen LogP contribution is 2.20. The zero-order valence-electron chi connectivity index (χ0n) is 14.4. The summed E-state index contributed by atoms with van der Waals surface area (Å²) in [5.74, 6) is -0.641. The van der Waals surface area contributed by atoms with Gasteiger partial charge >= 0.3 is 5.97 Å². The van der Waals surface area contributed by atoms with Crippen molar-refractivity contribution in [3.05, 3.63) is 65.7 Å². The molecule has 0 aliphatic rings. The van der Waals surface area contributed by atoms with E-state index in [1.165, 1.54) is 19.9 Å². The van der Waals surface area contributed by atoms with Gasteiger partial charge in [-0.2, -0.15) is 0 Å². The van der Waals surface area contributed by atoms with E-state index >= 15 is 0 Å². The molecule has 0 aliphatic heterocycles. The zero-order valence-corrected chi connectivity index (χ0v) is 15.2. The highest BCUT2D eigenvalue weighted by molar-refractivity contribution is 7.98. The van der Waals surface area contributed by atoms with Gasteiger partial charge in [0.05, 0.1) is 0 Å². The maximum Gasteiger partial charge on any atom is 0.347 e. The SMILES string of the molecule is CSc1ccc(C(=O)C=Cc2ccc(OC(C)(C)C(=O)O)cc2)cc1. The lowest BCUT2D eigenvalue weighted by Gasteiger charge is -2.21. The normalized spacial score (nSPS) is 11.5. The minimum Gasteiger partial charge on any atom is -0.478 e. The highest BCUT2D eigenvalue weighted by atomic mass is 32.2. The molecule has 1 N–H and O–H groups in total. The predicted octanol–water partition coefficient (Wildman–Crippen LogP) is 4.55. The zero-order chi connectivity index (χ0) is 18.4. The molecule has 0 heterocycles. The van der Waals surface area contributed by atoms with Crippen LogP contribution in [-0.4, -0.2) is 28.7 Å². The van der Waals surface area contributed by atoms with Crippen molar-refractivity contribution in [3.63, 3.8) is 0 Å². The van der Waals surface area contributed by atoms with Gasteiger partial charge < -0.3 is 9.84 Å². The first-order chi connectivity index (χ1) is 11.8. The van der Waals surface area contributed by atoms with Crippen molar-refractivity contribution < 1.29 is 19.4 Å². The summed E-state index contributed by atoms with van der Waals surface area (Å²) in [6, 6.07) is 14.4. The molecule has 0 saturated carbocycles. The minimum absolute atomic E-state index is 0.0695. The lowest BCUT2D eigenvalue weighted by molar-refractivity contribution is -0.152. The molecular formula is C20H20O4S. The maximum atomic E-state index is 12.2. The molecule has 0 bridgehead atoms. The van der Waals surface area contributed by atoms with Gasteiger partial charge in [-0.05, 0) is 68.1 Å². The Kier molecular flexibility index (Phi) is 6.04. The van der Waals surface area contributed by atoms with E-state index in [0.717, 1.165) is 10.5 Å². The summed E-state index contributed by atoms with van der Waals surface area (Å²) >= 11 is 1.63. The molecule has 2 aromatic carbocycles. The van der Waals surface area contributed by atoms with Crippen LogP contribution in [0.3, 0.4) is 0 Å². The number of thioether (sulfide) groups is 1. The number of carboxylic acids is 1. The van der Waals surface area contributed by atoms with E-state index in [1.807, 2.05) is 30.5 Å². The third-order valence-corrected chi connectivity index (χ3v) is 4.31. The number of rotatable bonds is 7. The molecule has 2 rings (SSSR count). The summed E-state index contributed by atoms with van der Waals surface area (Å²) < 4.78 is 5.44. The van der Waals surface area contributed by atoms with Crippen molar-refractivity contribution in [2.24, 2.45) is 0 Å². The highest BCUT2D eigenvalue weighted by Gasteiger charge is 2.29. The van der Waals surface area contributed by atoms with Crippen molar-refractivity contribution in [2.45, 2.75) is 24.3 Å². The average molecular weight is 356 g/mol. The quantitative estimate of drug-likeness (QED) is 0.448. The second-order valence-corrected chi connectivity index (χ2v) is 6.79. The van der Waals surface area contributed by atoms with Crippen LogP contribution in [0.2, 0.25) is 0 Å². The molecule has 5 heteroatoms. The van der Waals surface area contributed by atoms with E-state index in [4.69, 9.17) is 9.84 Å². The molecule has 0 radical (unpaired) electrons. The van der Waals surface area contributed by atoms with Gasteiger partial charge in [-0.1, -0.05) is 18.2 Å². The number of carbonyl (C=O) groups is 2. The Morgan fingerprint density at radius 3 is 2.16 bits per heavy atom. The Labute approximate surface area is 151 Å². The molecule has 0 aliphatic carbocycles. The summed E-state index contributed by atoms with van der Waals surface area (Å²) in [7, 11) is 0. The molecule has 130 valence electrons. The van der Waals surface area contributed by atoms with Crippen LogP contribution in [-0.2, 0) is 4.79 Å². The molecular weight excluding hydrogens is 336 g/mol. The Bertz CT molecular complexity index is 774. The number of carboxylic acid groups (broad SMARTS) is 1. The summed E-state index contributed by atoms with van der Waals surface area (Å²) in [6.07, 6.45) is 5.23. The largest absolute Gasteiger partial charge is 0.478 e. The molecule has 0 unspecified atom stereocenters. The van der Waals surface area contributed by atoms with Crippen molar-refractivity contribution in [1.82, 2.24) is 0 Å². The number of hydrogen-bond acceptors (Lipinski definition) is 4. The minimum atomic E-state index is -1.30. The van der Waals surface area contributed by atoms with Gasteiger partial charge in [0.15, 0.2) is 11.4 Å². The first kappa shape index (κ1) is 18.8. The van der Waals surface area contributed by atoms with E-state index in [0.29, 0.717) is 11.3 Å². The van der Waals surface area contributed by atoms with Gasteiger partial charge in [-0.3, -0.25) is 4.79 Å². The van der Waals surface area contributed by atoms with Crippen molar-refractivity contribution in [2.75, 3.05) is 6.26 Å². The van der Waals surface area contributed by atoms with Crippen molar-refractivity contribution >= 4 is 29.6 Å². The van der Waals surface area contributed by atoms with Crippen LogP contribution in [0, 0.1) is 0 Å². The van der Waals surface area contributed by atoms with Gasteiger partial charge in [0.2, 0.25) is 0 Å². The average Bonchev–Trinajstić information content (AvgIpc) is 2.60. The molecule has 0 aromatic heterocycles. The lowest BCUT2D eigenvalue weighted by atomic mass is 10.1. The number of ketones is 1. The smallest absolute Gasteiger partial charge is 0.347 e. The topological polar surface area (TPSA) is 63.6 Å². The Balaban J connectivity index is 2.03. The summed E-state index contributed by atoms with van der Waals surface area (Å²) in [6.45, 7) is 2.98. The predicted molar refractivity (Wildman–Crippen MR) is 100 cm³/mol. The van der Waals surface area contributed by atoms with Gasteiger partial charge in [0.1, 0.15) is 5.75 Å². The monoisotopic (exact) mass is 356 g/mol.